The molecule has 1 rings (SSSR count). The van der Waals surface area contributed by atoms with Gasteiger partial charge in [0.1, 0.15) is 11.5 Å². The molecule has 0 aromatic carbocycles. The minimum absolute atomic E-state index is 0.00954. The van der Waals surface area contributed by atoms with Gasteiger partial charge in [-0.3, -0.25) is 5.41 Å². The fraction of sp³-hybridized carbons (Fsp3) is 0.583. The molecule has 0 aliphatic rings. The first-order chi connectivity index (χ1) is 8.08. The first-order valence-electron chi connectivity index (χ1n) is 6.03. The quantitative estimate of drug-likeness (QED) is 0.581. The van der Waals surface area contributed by atoms with Crippen LogP contribution in [0.2, 0.25) is 0 Å². The molecule has 0 aliphatic heterocycles. The van der Waals surface area contributed by atoms with Gasteiger partial charge in [0.05, 0.1) is 0 Å². The smallest absolute Gasteiger partial charge is 0.226 e. The first kappa shape index (κ1) is 13.4. The van der Waals surface area contributed by atoms with Crippen LogP contribution in [0.3, 0.4) is 0 Å². The average molecular weight is 235 g/mol. The van der Waals surface area contributed by atoms with Crippen molar-refractivity contribution in [3.8, 4) is 0 Å². The van der Waals surface area contributed by atoms with Gasteiger partial charge in [-0.2, -0.15) is 0 Å². The van der Waals surface area contributed by atoms with E-state index in [0.29, 0.717) is 11.6 Å². The van der Waals surface area contributed by atoms with Crippen molar-refractivity contribution in [2.75, 3.05) is 18.0 Å². The third-order valence-electron chi connectivity index (χ3n) is 2.39. The highest BCUT2D eigenvalue weighted by atomic mass is 15.2. The zero-order valence-corrected chi connectivity index (χ0v) is 10.8. The van der Waals surface area contributed by atoms with Crippen LogP contribution in [0.5, 0.6) is 0 Å². The van der Waals surface area contributed by atoms with Crippen LogP contribution in [0, 0.1) is 12.3 Å². The summed E-state index contributed by atoms with van der Waals surface area (Å²) in [6.07, 6.45) is 2.10. The Bertz CT molecular complexity index is 382. The highest BCUT2D eigenvalue weighted by Crippen LogP contribution is 2.11. The Morgan fingerprint density at radius 1 is 1.29 bits per heavy atom. The Hall–Kier alpha value is -1.65. The van der Waals surface area contributed by atoms with E-state index in [2.05, 4.69) is 28.7 Å². The van der Waals surface area contributed by atoms with Crippen molar-refractivity contribution in [1.82, 2.24) is 9.97 Å². The normalized spacial score (nSPS) is 10.3. The van der Waals surface area contributed by atoms with Crippen molar-refractivity contribution in [2.45, 2.75) is 33.6 Å². The SMILES string of the molecule is CCCN(CCC)c1nc(C)cc(C(=N)N)n1. The summed E-state index contributed by atoms with van der Waals surface area (Å²) in [7, 11) is 0. The van der Waals surface area contributed by atoms with Crippen LogP contribution >= 0.6 is 0 Å². The lowest BCUT2D eigenvalue weighted by atomic mass is 10.3. The summed E-state index contributed by atoms with van der Waals surface area (Å²) < 4.78 is 0. The highest BCUT2D eigenvalue weighted by Gasteiger charge is 2.10. The van der Waals surface area contributed by atoms with E-state index in [4.69, 9.17) is 11.1 Å². The molecule has 0 radical (unpaired) electrons. The molecule has 1 heterocycles. The highest BCUT2D eigenvalue weighted by molar-refractivity contribution is 5.93. The second-order valence-corrected chi connectivity index (χ2v) is 4.10. The van der Waals surface area contributed by atoms with Crippen LogP contribution in [0.4, 0.5) is 5.95 Å². The molecule has 3 N–H and O–H groups in total. The number of nitrogens with zero attached hydrogens (tertiary/aromatic N) is 3. The first-order valence-corrected chi connectivity index (χ1v) is 6.03. The van der Waals surface area contributed by atoms with E-state index < -0.39 is 0 Å². The van der Waals surface area contributed by atoms with Crippen LogP contribution in [-0.4, -0.2) is 28.9 Å². The van der Waals surface area contributed by atoms with E-state index in [9.17, 15) is 0 Å². The lowest BCUT2D eigenvalue weighted by molar-refractivity contribution is 0.718. The molecule has 0 spiro atoms. The van der Waals surface area contributed by atoms with Crippen LogP contribution in [0.1, 0.15) is 38.1 Å². The molecule has 0 saturated heterocycles. The minimum atomic E-state index is -0.00954. The topological polar surface area (TPSA) is 78.9 Å². The molecule has 0 amide bonds. The monoisotopic (exact) mass is 235 g/mol. The number of nitrogens with two attached hydrogens (primary N) is 1. The Morgan fingerprint density at radius 2 is 1.88 bits per heavy atom. The lowest BCUT2D eigenvalue weighted by Crippen LogP contribution is -2.28. The molecule has 5 heteroatoms. The number of hydrogen-bond donors (Lipinski definition) is 2. The Labute approximate surface area is 103 Å². The van der Waals surface area contributed by atoms with Gasteiger partial charge >= 0.3 is 0 Å². The summed E-state index contributed by atoms with van der Waals surface area (Å²) in [5.41, 5.74) is 6.82. The van der Waals surface area contributed by atoms with Gasteiger partial charge in [0.15, 0.2) is 0 Å². The third-order valence-corrected chi connectivity index (χ3v) is 2.39. The van der Waals surface area contributed by atoms with Gasteiger partial charge in [-0.15, -0.1) is 0 Å². The molecule has 0 atom stereocenters. The molecule has 0 aliphatic carbocycles. The fourth-order valence-electron chi connectivity index (χ4n) is 1.68. The van der Waals surface area contributed by atoms with Crippen LogP contribution in [-0.2, 0) is 0 Å². The molecule has 0 saturated carbocycles. The second-order valence-electron chi connectivity index (χ2n) is 4.10. The van der Waals surface area contributed by atoms with Crippen molar-refractivity contribution in [2.24, 2.45) is 5.73 Å². The summed E-state index contributed by atoms with van der Waals surface area (Å²) in [6.45, 7) is 8.01. The standard InChI is InChI=1S/C12H21N5/c1-4-6-17(7-5-2)12-15-9(3)8-10(16-12)11(13)14/h8H,4-7H2,1-3H3,(H3,13,14). The summed E-state index contributed by atoms with van der Waals surface area (Å²) >= 11 is 0. The molecule has 0 bridgehead atoms. The number of anilines is 1. The van der Waals surface area contributed by atoms with Gasteiger partial charge in [0, 0.05) is 18.8 Å². The van der Waals surface area contributed by atoms with E-state index in [1.165, 1.54) is 0 Å². The third kappa shape index (κ3) is 3.69. The van der Waals surface area contributed by atoms with Gasteiger partial charge in [0.2, 0.25) is 5.95 Å². The Balaban J connectivity index is 3.04. The van der Waals surface area contributed by atoms with Gasteiger partial charge in [-0.25, -0.2) is 9.97 Å². The molecule has 5 nitrogen and oxygen atoms in total. The summed E-state index contributed by atoms with van der Waals surface area (Å²) in [5, 5.41) is 7.44. The molecule has 0 fully saturated rings. The van der Waals surface area contributed by atoms with Gasteiger partial charge in [-0.05, 0) is 25.8 Å². The molecular weight excluding hydrogens is 214 g/mol. The van der Waals surface area contributed by atoms with Crippen LogP contribution in [0.25, 0.3) is 0 Å². The van der Waals surface area contributed by atoms with E-state index in [-0.39, 0.29) is 5.84 Å². The van der Waals surface area contributed by atoms with Crippen molar-refractivity contribution >= 4 is 11.8 Å². The maximum Gasteiger partial charge on any atom is 0.226 e. The number of aromatic nitrogens is 2. The van der Waals surface area contributed by atoms with Crippen molar-refractivity contribution < 1.29 is 0 Å². The fourth-order valence-corrected chi connectivity index (χ4v) is 1.68. The number of rotatable bonds is 6. The predicted molar refractivity (Wildman–Crippen MR) is 70.6 cm³/mol. The van der Waals surface area contributed by atoms with E-state index in [0.717, 1.165) is 31.6 Å². The molecule has 0 unspecified atom stereocenters. The molecule has 1 aromatic rings. The average Bonchev–Trinajstić information content (AvgIpc) is 2.28. The molecule has 1 aromatic heterocycles. The number of nitrogen functional groups attached to an aromatic ring is 1. The predicted octanol–water partition coefficient (Wildman–Crippen LogP) is 1.70. The van der Waals surface area contributed by atoms with E-state index in [1.54, 1.807) is 6.07 Å². The van der Waals surface area contributed by atoms with Crippen LogP contribution in [0.15, 0.2) is 6.07 Å². The van der Waals surface area contributed by atoms with Gasteiger partial charge in [-0.1, -0.05) is 13.8 Å². The number of hydrogen-bond acceptors (Lipinski definition) is 4. The van der Waals surface area contributed by atoms with Crippen LogP contribution < -0.4 is 10.6 Å². The molecule has 94 valence electrons. The maximum atomic E-state index is 7.44. The maximum absolute atomic E-state index is 7.44. The van der Waals surface area contributed by atoms with E-state index in [1.807, 2.05) is 6.92 Å². The summed E-state index contributed by atoms with van der Waals surface area (Å²) in [6, 6.07) is 1.74. The second kappa shape index (κ2) is 6.18. The van der Waals surface area contributed by atoms with Crippen molar-refractivity contribution in [1.29, 1.82) is 5.41 Å². The zero-order valence-electron chi connectivity index (χ0n) is 10.8. The number of nitrogens with one attached hydrogen (secondary N) is 1. The van der Waals surface area contributed by atoms with Gasteiger partial charge < -0.3 is 10.6 Å². The zero-order chi connectivity index (χ0) is 12.8. The Kier molecular flexibility index (Phi) is 4.87. The van der Waals surface area contributed by atoms with Crippen molar-refractivity contribution in [3.05, 3.63) is 17.5 Å². The largest absolute Gasteiger partial charge is 0.382 e. The van der Waals surface area contributed by atoms with Gasteiger partial charge in [0.25, 0.3) is 0 Å². The molecule has 17 heavy (non-hydrogen) atoms. The summed E-state index contributed by atoms with van der Waals surface area (Å²) in [4.78, 5) is 10.9. The number of aryl methyl sites for hydroxylation is 1. The Morgan fingerprint density at radius 3 is 2.35 bits per heavy atom. The lowest BCUT2D eigenvalue weighted by Gasteiger charge is -2.22. The number of amidine groups is 1. The van der Waals surface area contributed by atoms with E-state index >= 15 is 0 Å². The molecular formula is C12H21N5. The minimum Gasteiger partial charge on any atom is -0.382 e. The summed E-state index contributed by atoms with van der Waals surface area (Å²) in [5.74, 6) is 0.670. The van der Waals surface area contributed by atoms with Crippen molar-refractivity contribution in [3.63, 3.8) is 0 Å².